The Morgan fingerprint density at radius 2 is 1.91 bits per heavy atom. The molecule has 0 bridgehead atoms. The molecule has 0 radical (unpaired) electrons. The smallest absolute Gasteiger partial charge is 0.191 e. The molecular weight excluding hydrogens is 304 g/mol. The molecule has 3 rings (SSSR count). The van der Waals surface area contributed by atoms with E-state index >= 15 is 0 Å². The van der Waals surface area contributed by atoms with Crippen LogP contribution in [-0.4, -0.2) is 19.7 Å². The van der Waals surface area contributed by atoms with Gasteiger partial charge in [0, 0.05) is 18.5 Å². The monoisotopic (exact) mass is 324 g/mol. The molecule has 0 amide bonds. The van der Waals surface area contributed by atoms with Crippen molar-refractivity contribution in [1.29, 1.82) is 0 Å². The Balaban J connectivity index is 1.81. The predicted molar refractivity (Wildman–Crippen MR) is 94.4 cm³/mol. The molecule has 0 aliphatic heterocycles. The molecule has 118 valence electrons. The molecule has 5 heteroatoms. The van der Waals surface area contributed by atoms with Crippen LogP contribution in [0.4, 0.5) is 0 Å². The van der Waals surface area contributed by atoms with Crippen LogP contribution in [0.1, 0.15) is 23.6 Å². The van der Waals surface area contributed by atoms with Crippen LogP contribution in [0.15, 0.2) is 47.8 Å². The summed E-state index contributed by atoms with van der Waals surface area (Å²) in [5.41, 5.74) is 4.82. The molecule has 0 aliphatic rings. The van der Waals surface area contributed by atoms with Gasteiger partial charge in [0.25, 0.3) is 0 Å². The highest BCUT2D eigenvalue weighted by molar-refractivity contribution is 7.98. The van der Waals surface area contributed by atoms with Gasteiger partial charge in [-0.15, -0.1) is 10.2 Å². The van der Waals surface area contributed by atoms with E-state index in [9.17, 15) is 0 Å². The second-order valence-corrected chi connectivity index (χ2v) is 6.42. The molecule has 1 aromatic carbocycles. The molecule has 0 N–H and O–H groups in total. The van der Waals surface area contributed by atoms with Gasteiger partial charge in [-0.2, -0.15) is 0 Å². The zero-order chi connectivity index (χ0) is 16.2. The zero-order valence-corrected chi connectivity index (χ0v) is 14.5. The Labute approximate surface area is 141 Å². The number of benzene rings is 1. The molecule has 0 spiro atoms. The predicted octanol–water partition coefficient (Wildman–Crippen LogP) is 4.27. The molecule has 0 fully saturated rings. The van der Waals surface area contributed by atoms with Crippen molar-refractivity contribution in [2.45, 2.75) is 38.2 Å². The Morgan fingerprint density at radius 1 is 1.04 bits per heavy atom. The molecule has 4 nitrogen and oxygen atoms in total. The van der Waals surface area contributed by atoms with E-state index in [1.165, 1.54) is 16.7 Å². The van der Waals surface area contributed by atoms with Gasteiger partial charge in [-0.3, -0.25) is 4.98 Å². The van der Waals surface area contributed by atoms with Gasteiger partial charge < -0.3 is 4.57 Å². The second kappa shape index (κ2) is 6.96. The summed E-state index contributed by atoms with van der Waals surface area (Å²) in [6.45, 7) is 7.22. The fraction of sp³-hybridized carbons (Fsp3) is 0.278. The quantitative estimate of drug-likeness (QED) is 0.657. The third-order valence-electron chi connectivity index (χ3n) is 3.87. The number of thioether (sulfide) groups is 1. The van der Waals surface area contributed by atoms with Crippen molar-refractivity contribution < 1.29 is 0 Å². The Kier molecular flexibility index (Phi) is 4.76. The number of aromatic nitrogens is 4. The van der Waals surface area contributed by atoms with Gasteiger partial charge in [0.1, 0.15) is 5.69 Å². The lowest BCUT2D eigenvalue weighted by Gasteiger charge is -2.08. The maximum Gasteiger partial charge on any atom is 0.191 e. The maximum absolute atomic E-state index is 4.38. The molecule has 0 unspecified atom stereocenters. The first-order chi connectivity index (χ1) is 11.2. The van der Waals surface area contributed by atoms with Crippen LogP contribution in [0.2, 0.25) is 0 Å². The van der Waals surface area contributed by atoms with E-state index in [0.29, 0.717) is 0 Å². The summed E-state index contributed by atoms with van der Waals surface area (Å²) >= 11 is 1.72. The average molecular weight is 324 g/mol. The van der Waals surface area contributed by atoms with Crippen molar-refractivity contribution in [2.24, 2.45) is 0 Å². The first kappa shape index (κ1) is 15.7. The fourth-order valence-electron chi connectivity index (χ4n) is 2.41. The van der Waals surface area contributed by atoms with E-state index in [1.807, 2.05) is 18.2 Å². The summed E-state index contributed by atoms with van der Waals surface area (Å²) in [6.07, 6.45) is 1.78. The number of hydrogen-bond acceptors (Lipinski definition) is 4. The molecule has 0 saturated carbocycles. The van der Waals surface area contributed by atoms with Crippen LogP contribution in [0.3, 0.4) is 0 Å². The molecule has 2 aromatic heterocycles. The molecule has 0 atom stereocenters. The van der Waals surface area contributed by atoms with E-state index in [4.69, 9.17) is 0 Å². The van der Waals surface area contributed by atoms with Gasteiger partial charge >= 0.3 is 0 Å². The van der Waals surface area contributed by atoms with Crippen LogP contribution in [0.5, 0.6) is 0 Å². The first-order valence-corrected chi connectivity index (χ1v) is 8.71. The molecule has 0 aliphatic carbocycles. The summed E-state index contributed by atoms with van der Waals surface area (Å²) in [5, 5.41) is 9.62. The largest absolute Gasteiger partial charge is 0.301 e. The Morgan fingerprint density at radius 3 is 2.61 bits per heavy atom. The van der Waals surface area contributed by atoms with E-state index in [0.717, 1.165) is 29.0 Å². The van der Waals surface area contributed by atoms with Crippen LogP contribution in [0.25, 0.3) is 11.5 Å². The van der Waals surface area contributed by atoms with Gasteiger partial charge in [-0.1, -0.05) is 36.0 Å². The van der Waals surface area contributed by atoms with Gasteiger partial charge in [0.15, 0.2) is 11.0 Å². The highest BCUT2D eigenvalue weighted by Crippen LogP contribution is 2.26. The number of aryl methyl sites for hydroxylation is 2. The summed E-state index contributed by atoms with van der Waals surface area (Å²) in [5.74, 6) is 1.72. The van der Waals surface area contributed by atoms with E-state index in [1.54, 1.807) is 18.0 Å². The Bertz CT molecular complexity index is 796. The molecule has 3 aromatic rings. The van der Waals surface area contributed by atoms with Crippen molar-refractivity contribution >= 4 is 11.8 Å². The van der Waals surface area contributed by atoms with Crippen molar-refractivity contribution in [3.63, 3.8) is 0 Å². The lowest BCUT2D eigenvalue weighted by Crippen LogP contribution is -2.00. The molecular formula is C18H20N4S. The van der Waals surface area contributed by atoms with Crippen molar-refractivity contribution in [3.8, 4) is 11.5 Å². The normalized spacial score (nSPS) is 10.9. The zero-order valence-electron chi connectivity index (χ0n) is 13.7. The van der Waals surface area contributed by atoms with Crippen LogP contribution in [-0.2, 0) is 12.3 Å². The fourth-order valence-corrected chi connectivity index (χ4v) is 3.35. The molecule has 0 saturated heterocycles. The minimum absolute atomic E-state index is 0.828. The Hall–Kier alpha value is -2.14. The lowest BCUT2D eigenvalue weighted by molar-refractivity contribution is 0.686. The van der Waals surface area contributed by atoms with Crippen molar-refractivity contribution in [1.82, 2.24) is 19.7 Å². The number of rotatable bonds is 5. The summed E-state index contributed by atoms with van der Waals surface area (Å²) in [7, 11) is 0. The van der Waals surface area contributed by atoms with Gasteiger partial charge in [-0.25, -0.2) is 0 Å². The van der Waals surface area contributed by atoms with Crippen LogP contribution >= 0.6 is 11.8 Å². The third-order valence-corrected chi connectivity index (χ3v) is 4.90. The lowest BCUT2D eigenvalue weighted by atomic mass is 10.1. The van der Waals surface area contributed by atoms with E-state index in [-0.39, 0.29) is 0 Å². The third kappa shape index (κ3) is 3.45. The minimum atomic E-state index is 0.828. The van der Waals surface area contributed by atoms with E-state index in [2.05, 4.69) is 58.7 Å². The highest BCUT2D eigenvalue weighted by atomic mass is 32.2. The second-order valence-electron chi connectivity index (χ2n) is 5.47. The minimum Gasteiger partial charge on any atom is -0.301 e. The molecule has 23 heavy (non-hydrogen) atoms. The highest BCUT2D eigenvalue weighted by Gasteiger charge is 2.13. The number of pyridine rings is 1. The summed E-state index contributed by atoms with van der Waals surface area (Å²) in [4.78, 5) is 4.38. The number of nitrogens with zero attached hydrogens (tertiary/aromatic N) is 4. The van der Waals surface area contributed by atoms with E-state index < -0.39 is 0 Å². The molecule has 2 heterocycles. The van der Waals surface area contributed by atoms with Gasteiger partial charge in [-0.05, 0) is 49.6 Å². The maximum atomic E-state index is 4.38. The van der Waals surface area contributed by atoms with Crippen molar-refractivity contribution in [2.75, 3.05) is 0 Å². The summed E-state index contributed by atoms with van der Waals surface area (Å²) in [6, 6.07) is 12.4. The first-order valence-electron chi connectivity index (χ1n) is 7.72. The topological polar surface area (TPSA) is 43.6 Å². The SMILES string of the molecule is CCn1c(SCc2ccc(C)c(C)c2)nnc1-c1ccccn1. The summed E-state index contributed by atoms with van der Waals surface area (Å²) < 4.78 is 2.12. The average Bonchev–Trinajstić information content (AvgIpc) is 2.99. The van der Waals surface area contributed by atoms with Crippen LogP contribution in [0, 0.1) is 13.8 Å². The van der Waals surface area contributed by atoms with Gasteiger partial charge in [0.2, 0.25) is 0 Å². The standard InChI is InChI=1S/C18H20N4S/c1-4-22-17(16-7-5-6-10-19-16)20-21-18(22)23-12-15-9-8-13(2)14(3)11-15/h5-11H,4,12H2,1-3H3. The number of hydrogen-bond donors (Lipinski definition) is 0. The van der Waals surface area contributed by atoms with Crippen LogP contribution < -0.4 is 0 Å². The van der Waals surface area contributed by atoms with Crippen molar-refractivity contribution in [3.05, 3.63) is 59.3 Å². The van der Waals surface area contributed by atoms with Gasteiger partial charge in [0.05, 0.1) is 0 Å².